The van der Waals surface area contributed by atoms with Gasteiger partial charge in [-0.3, -0.25) is 9.47 Å². The highest BCUT2D eigenvalue weighted by Gasteiger charge is 2.28. The molecule has 0 radical (unpaired) electrons. The van der Waals surface area contributed by atoms with Crippen LogP contribution in [0.1, 0.15) is 48.9 Å². The van der Waals surface area contributed by atoms with Crippen molar-refractivity contribution in [2.45, 2.75) is 38.3 Å². The summed E-state index contributed by atoms with van der Waals surface area (Å²) >= 11 is 12.5. The fraction of sp³-hybridized carbons (Fsp3) is 0.333. The normalized spacial score (nSPS) is 15.3. The Morgan fingerprint density at radius 1 is 1.00 bits per heavy atom. The number of piperidine rings is 1. The third-order valence-electron chi connectivity index (χ3n) is 7.09. The Kier molecular flexibility index (Phi) is 7.60. The average molecular weight is 537 g/mol. The SMILES string of the molecule is CC(c1cc(Cl)ccc1N)N(C)Cc1nnc(C2CCN(c3ncccn3)CC2)n1-c1ccc(Cl)cc1. The molecule has 2 aromatic carbocycles. The zero-order valence-corrected chi connectivity index (χ0v) is 22.4. The molecule has 1 saturated heterocycles. The largest absolute Gasteiger partial charge is 0.398 e. The first kappa shape index (κ1) is 25.4. The maximum atomic E-state index is 6.27. The van der Waals surface area contributed by atoms with Gasteiger partial charge in [-0.1, -0.05) is 23.2 Å². The molecule has 1 atom stereocenters. The number of nitrogen functional groups attached to an aromatic ring is 1. The molecule has 0 aliphatic carbocycles. The Morgan fingerprint density at radius 2 is 1.68 bits per heavy atom. The molecule has 3 heterocycles. The monoisotopic (exact) mass is 536 g/mol. The molecule has 5 rings (SSSR count). The summed E-state index contributed by atoms with van der Waals surface area (Å²) in [5.41, 5.74) is 8.97. The number of benzene rings is 2. The number of nitrogens with zero attached hydrogens (tertiary/aromatic N) is 7. The molecule has 1 aliphatic heterocycles. The second-order valence-electron chi connectivity index (χ2n) is 9.46. The van der Waals surface area contributed by atoms with Crippen molar-refractivity contribution in [3.8, 4) is 5.69 Å². The molecule has 2 N–H and O–H groups in total. The Balaban J connectivity index is 1.41. The number of aromatic nitrogens is 5. The molecule has 8 nitrogen and oxygen atoms in total. The van der Waals surface area contributed by atoms with E-state index in [9.17, 15) is 0 Å². The first-order valence-corrected chi connectivity index (χ1v) is 13.1. The van der Waals surface area contributed by atoms with E-state index in [1.54, 1.807) is 12.4 Å². The summed E-state index contributed by atoms with van der Waals surface area (Å²) in [5, 5.41) is 10.7. The minimum atomic E-state index is 0.0339. The van der Waals surface area contributed by atoms with Gasteiger partial charge in [-0.25, -0.2) is 9.97 Å². The van der Waals surface area contributed by atoms with Crippen LogP contribution in [0.25, 0.3) is 5.69 Å². The third kappa shape index (κ3) is 5.56. The van der Waals surface area contributed by atoms with Crippen molar-refractivity contribution in [1.29, 1.82) is 0 Å². The van der Waals surface area contributed by atoms with Crippen LogP contribution in [0, 0.1) is 0 Å². The molecule has 2 aromatic heterocycles. The summed E-state index contributed by atoms with van der Waals surface area (Å²) in [4.78, 5) is 13.3. The lowest BCUT2D eigenvalue weighted by molar-refractivity contribution is 0.245. The highest BCUT2D eigenvalue weighted by molar-refractivity contribution is 6.31. The summed E-state index contributed by atoms with van der Waals surface area (Å²) in [7, 11) is 2.06. The molecule has 0 amide bonds. The number of hydrogen-bond donors (Lipinski definition) is 1. The number of hydrogen-bond acceptors (Lipinski definition) is 7. The Labute approximate surface area is 227 Å². The zero-order chi connectivity index (χ0) is 25.9. The van der Waals surface area contributed by atoms with Crippen LogP contribution < -0.4 is 10.6 Å². The van der Waals surface area contributed by atoms with E-state index in [0.717, 1.165) is 60.5 Å². The van der Waals surface area contributed by atoms with Gasteiger partial charge in [0.05, 0.1) is 6.54 Å². The average Bonchev–Trinajstić information content (AvgIpc) is 3.34. The highest BCUT2D eigenvalue weighted by atomic mass is 35.5. The van der Waals surface area contributed by atoms with Crippen molar-refractivity contribution < 1.29 is 0 Å². The van der Waals surface area contributed by atoms with Crippen LogP contribution >= 0.6 is 23.2 Å². The minimum Gasteiger partial charge on any atom is -0.398 e. The predicted molar refractivity (Wildman–Crippen MR) is 148 cm³/mol. The van der Waals surface area contributed by atoms with Crippen LogP contribution in [0.5, 0.6) is 0 Å². The van der Waals surface area contributed by atoms with Crippen LogP contribution in [0.2, 0.25) is 10.0 Å². The molecule has 0 bridgehead atoms. The van der Waals surface area contributed by atoms with Crippen molar-refractivity contribution in [3.05, 3.63) is 88.2 Å². The van der Waals surface area contributed by atoms with E-state index in [4.69, 9.17) is 34.0 Å². The molecule has 192 valence electrons. The van der Waals surface area contributed by atoms with Crippen LogP contribution in [0.15, 0.2) is 60.9 Å². The maximum Gasteiger partial charge on any atom is 0.225 e. The molecular weight excluding hydrogens is 507 g/mol. The number of halogens is 2. The summed E-state index contributed by atoms with van der Waals surface area (Å²) < 4.78 is 2.18. The van der Waals surface area contributed by atoms with Gasteiger partial charge in [-0.2, -0.15) is 0 Å². The van der Waals surface area contributed by atoms with Crippen LogP contribution in [-0.2, 0) is 6.54 Å². The van der Waals surface area contributed by atoms with E-state index < -0.39 is 0 Å². The molecule has 1 aliphatic rings. The molecule has 37 heavy (non-hydrogen) atoms. The molecular formula is C27H30Cl2N8. The summed E-state index contributed by atoms with van der Waals surface area (Å²) in [6.07, 6.45) is 5.45. The number of anilines is 2. The topological polar surface area (TPSA) is 89.0 Å². The summed E-state index contributed by atoms with van der Waals surface area (Å²) in [6, 6.07) is 15.3. The summed E-state index contributed by atoms with van der Waals surface area (Å²) in [6.45, 7) is 4.43. The van der Waals surface area contributed by atoms with Crippen molar-refractivity contribution in [2.24, 2.45) is 0 Å². The van der Waals surface area contributed by atoms with Crippen LogP contribution in [0.4, 0.5) is 11.6 Å². The Bertz CT molecular complexity index is 1330. The third-order valence-corrected chi connectivity index (χ3v) is 7.57. The van der Waals surface area contributed by atoms with Gasteiger partial charge < -0.3 is 10.6 Å². The maximum absolute atomic E-state index is 6.27. The van der Waals surface area contributed by atoms with E-state index >= 15 is 0 Å². The van der Waals surface area contributed by atoms with Crippen LogP contribution in [0.3, 0.4) is 0 Å². The second-order valence-corrected chi connectivity index (χ2v) is 10.3. The first-order valence-electron chi connectivity index (χ1n) is 12.4. The zero-order valence-electron chi connectivity index (χ0n) is 20.9. The molecule has 1 fully saturated rings. The van der Waals surface area contributed by atoms with Gasteiger partial charge in [0.25, 0.3) is 0 Å². The lowest BCUT2D eigenvalue weighted by Gasteiger charge is -2.32. The lowest BCUT2D eigenvalue weighted by atomic mass is 9.96. The van der Waals surface area contributed by atoms with Gasteiger partial charge in [0, 0.05) is 58.9 Å². The van der Waals surface area contributed by atoms with Gasteiger partial charge in [-0.15, -0.1) is 10.2 Å². The van der Waals surface area contributed by atoms with Gasteiger partial charge in [0.15, 0.2) is 5.82 Å². The van der Waals surface area contributed by atoms with E-state index in [0.29, 0.717) is 16.6 Å². The van der Waals surface area contributed by atoms with E-state index in [1.165, 1.54) is 0 Å². The van der Waals surface area contributed by atoms with E-state index in [2.05, 4.69) is 43.4 Å². The first-order chi connectivity index (χ1) is 17.9. The molecule has 0 spiro atoms. The van der Waals surface area contributed by atoms with Crippen molar-refractivity contribution >= 4 is 34.8 Å². The molecule has 10 heteroatoms. The number of nitrogens with two attached hydrogens (primary N) is 1. The fourth-order valence-corrected chi connectivity index (χ4v) is 5.17. The summed E-state index contributed by atoms with van der Waals surface area (Å²) in [5.74, 6) is 2.87. The van der Waals surface area contributed by atoms with Gasteiger partial charge in [0.1, 0.15) is 5.82 Å². The quantitative estimate of drug-likeness (QED) is 0.311. The van der Waals surface area contributed by atoms with Gasteiger partial charge in [0.2, 0.25) is 5.95 Å². The molecule has 4 aromatic rings. The highest BCUT2D eigenvalue weighted by Crippen LogP contribution is 2.32. The van der Waals surface area contributed by atoms with E-state index in [1.807, 2.05) is 48.5 Å². The predicted octanol–water partition coefficient (Wildman–Crippen LogP) is 5.52. The fourth-order valence-electron chi connectivity index (χ4n) is 4.87. The minimum absolute atomic E-state index is 0.0339. The second kappa shape index (κ2) is 11.0. The number of rotatable bonds is 7. The Hall–Kier alpha value is -3.20. The van der Waals surface area contributed by atoms with Crippen molar-refractivity contribution in [3.63, 3.8) is 0 Å². The standard InChI is InChI=1S/C27H30Cl2N8/c1-18(23-16-21(29)6-9-24(23)30)35(2)17-25-33-34-26(37(25)22-7-4-20(28)5-8-22)19-10-14-36(15-11-19)27-31-12-3-13-32-27/h3-9,12-13,16,18-19H,10-11,14-15,17,30H2,1-2H3. The van der Waals surface area contributed by atoms with Crippen molar-refractivity contribution in [1.82, 2.24) is 29.6 Å². The van der Waals surface area contributed by atoms with E-state index in [-0.39, 0.29) is 12.0 Å². The smallest absolute Gasteiger partial charge is 0.225 e. The lowest BCUT2D eigenvalue weighted by Crippen LogP contribution is -2.34. The van der Waals surface area contributed by atoms with Gasteiger partial charge >= 0.3 is 0 Å². The molecule has 0 saturated carbocycles. The molecule has 1 unspecified atom stereocenters. The van der Waals surface area contributed by atoms with Crippen LogP contribution in [-0.4, -0.2) is 49.8 Å². The Morgan fingerprint density at radius 3 is 2.38 bits per heavy atom. The van der Waals surface area contributed by atoms with Gasteiger partial charge in [-0.05, 0) is 80.9 Å². The van der Waals surface area contributed by atoms with Crippen molar-refractivity contribution in [2.75, 3.05) is 30.8 Å².